The maximum Gasteiger partial charge on any atom is 0.126 e. The highest BCUT2D eigenvalue weighted by molar-refractivity contribution is 7.19. The molecule has 1 aliphatic carbocycles. The smallest absolute Gasteiger partial charge is 0.126 e. The molecular formula is C25H22N2OS. The van der Waals surface area contributed by atoms with Gasteiger partial charge in [0, 0.05) is 23.5 Å². The summed E-state index contributed by atoms with van der Waals surface area (Å²) in [7, 11) is 0. The van der Waals surface area contributed by atoms with Gasteiger partial charge in [-0.05, 0) is 48.9 Å². The van der Waals surface area contributed by atoms with Crippen molar-refractivity contribution in [3.8, 4) is 32.3 Å². The van der Waals surface area contributed by atoms with Crippen LogP contribution in [0.1, 0.15) is 31.2 Å². The molecule has 0 radical (unpaired) electrons. The van der Waals surface area contributed by atoms with Crippen molar-refractivity contribution >= 4 is 11.3 Å². The zero-order chi connectivity index (χ0) is 19.8. The molecule has 0 bridgehead atoms. The van der Waals surface area contributed by atoms with E-state index in [2.05, 4.69) is 59.6 Å². The molecule has 29 heavy (non-hydrogen) atoms. The Morgan fingerprint density at radius 2 is 1.62 bits per heavy atom. The van der Waals surface area contributed by atoms with Crippen molar-refractivity contribution in [1.82, 2.24) is 9.97 Å². The van der Waals surface area contributed by atoms with Gasteiger partial charge in [-0.25, -0.2) is 4.98 Å². The van der Waals surface area contributed by atoms with Gasteiger partial charge in [-0.1, -0.05) is 54.6 Å². The number of benzene rings is 2. The van der Waals surface area contributed by atoms with Crippen LogP contribution in [0.5, 0.6) is 0 Å². The summed E-state index contributed by atoms with van der Waals surface area (Å²) in [6, 6.07) is 23.1. The molecule has 0 saturated heterocycles. The second-order valence-corrected chi connectivity index (χ2v) is 9.03. The van der Waals surface area contributed by atoms with E-state index in [1.54, 1.807) is 17.5 Å². The van der Waals surface area contributed by atoms with E-state index in [1.807, 2.05) is 25.3 Å². The average Bonchev–Trinajstić information content (AvgIpc) is 3.19. The summed E-state index contributed by atoms with van der Waals surface area (Å²) in [5, 5.41) is 11.0. The highest BCUT2D eigenvalue weighted by Gasteiger charge is 2.38. The second kappa shape index (κ2) is 7.21. The summed E-state index contributed by atoms with van der Waals surface area (Å²) in [5.41, 5.74) is 5.13. The Morgan fingerprint density at radius 1 is 0.897 bits per heavy atom. The fraction of sp³-hybridized carbons (Fsp3) is 0.200. The van der Waals surface area contributed by atoms with E-state index in [4.69, 9.17) is 4.98 Å². The first-order valence-electron chi connectivity index (χ1n) is 9.88. The first kappa shape index (κ1) is 18.2. The Balaban J connectivity index is 1.54. The van der Waals surface area contributed by atoms with E-state index in [9.17, 15) is 5.11 Å². The highest BCUT2D eigenvalue weighted by Crippen LogP contribution is 2.45. The molecule has 4 aromatic rings. The van der Waals surface area contributed by atoms with E-state index in [-0.39, 0.29) is 0 Å². The van der Waals surface area contributed by atoms with Gasteiger partial charge in [0.15, 0.2) is 0 Å². The maximum atomic E-state index is 10.0. The molecule has 1 saturated carbocycles. The predicted octanol–water partition coefficient (Wildman–Crippen LogP) is 6.17. The Hall–Kier alpha value is -2.82. The van der Waals surface area contributed by atoms with Crippen molar-refractivity contribution in [2.45, 2.75) is 31.3 Å². The van der Waals surface area contributed by atoms with Crippen LogP contribution >= 0.6 is 11.3 Å². The standard InChI is InChI=1S/C25H22N2OS/c1-25(28)14-21(15-25)17-9-11-18(12-10-17)22-23(19-6-3-2-4-7-19)29-24(27-22)20-8-5-13-26-16-20/h2-13,16,21,28H,14-15H2,1H3. The fourth-order valence-electron chi connectivity index (χ4n) is 4.06. The van der Waals surface area contributed by atoms with Gasteiger partial charge < -0.3 is 5.11 Å². The first-order chi connectivity index (χ1) is 14.1. The van der Waals surface area contributed by atoms with E-state index in [0.29, 0.717) is 5.92 Å². The molecule has 0 aliphatic heterocycles. The number of thiazole rings is 1. The third kappa shape index (κ3) is 3.61. The van der Waals surface area contributed by atoms with Crippen LogP contribution in [0.2, 0.25) is 0 Å². The molecule has 4 heteroatoms. The van der Waals surface area contributed by atoms with Crippen LogP contribution in [0.25, 0.3) is 32.3 Å². The van der Waals surface area contributed by atoms with E-state index in [1.165, 1.54) is 16.0 Å². The molecule has 1 N–H and O–H groups in total. The first-order valence-corrected chi connectivity index (χ1v) is 10.7. The summed E-state index contributed by atoms with van der Waals surface area (Å²) in [4.78, 5) is 10.4. The largest absolute Gasteiger partial charge is 0.390 e. The van der Waals surface area contributed by atoms with E-state index in [0.717, 1.165) is 34.7 Å². The lowest BCUT2D eigenvalue weighted by Crippen LogP contribution is -2.39. The zero-order valence-electron chi connectivity index (χ0n) is 16.2. The normalized spacial score (nSPS) is 21.0. The topological polar surface area (TPSA) is 46.0 Å². The summed E-state index contributed by atoms with van der Waals surface area (Å²) < 4.78 is 0. The summed E-state index contributed by atoms with van der Waals surface area (Å²) in [6.07, 6.45) is 5.32. The quantitative estimate of drug-likeness (QED) is 0.447. The Bertz CT molecular complexity index is 1110. The van der Waals surface area contributed by atoms with Crippen LogP contribution in [-0.2, 0) is 0 Å². The van der Waals surface area contributed by atoms with Crippen molar-refractivity contribution in [2.75, 3.05) is 0 Å². The van der Waals surface area contributed by atoms with Gasteiger partial charge in [0.05, 0.1) is 16.2 Å². The molecule has 2 aromatic carbocycles. The summed E-state index contributed by atoms with van der Waals surface area (Å²) in [5.74, 6) is 0.453. The fourth-order valence-corrected chi connectivity index (χ4v) is 5.15. The molecule has 2 aromatic heterocycles. The lowest BCUT2D eigenvalue weighted by molar-refractivity contribution is -0.0313. The molecule has 1 fully saturated rings. The number of hydrogen-bond acceptors (Lipinski definition) is 4. The molecule has 0 amide bonds. The predicted molar refractivity (Wildman–Crippen MR) is 119 cm³/mol. The minimum atomic E-state index is -0.503. The van der Waals surface area contributed by atoms with Crippen LogP contribution in [0, 0.1) is 0 Å². The maximum absolute atomic E-state index is 10.0. The molecule has 0 atom stereocenters. The monoisotopic (exact) mass is 398 g/mol. The van der Waals surface area contributed by atoms with Crippen molar-refractivity contribution in [2.24, 2.45) is 0 Å². The Labute approximate surface area is 174 Å². The van der Waals surface area contributed by atoms with Crippen molar-refractivity contribution < 1.29 is 5.11 Å². The van der Waals surface area contributed by atoms with Gasteiger partial charge >= 0.3 is 0 Å². The lowest BCUT2D eigenvalue weighted by Gasteiger charge is -2.41. The summed E-state index contributed by atoms with van der Waals surface area (Å²) >= 11 is 1.70. The van der Waals surface area contributed by atoms with Crippen LogP contribution in [0.3, 0.4) is 0 Å². The molecule has 0 spiro atoms. The average molecular weight is 399 g/mol. The van der Waals surface area contributed by atoms with E-state index < -0.39 is 5.60 Å². The molecule has 1 aliphatic rings. The molecule has 5 rings (SSSR count). The Kier molecular flexibility index (Phi) is 4.53. The number of aliphatic hydroxyl groups is 1. The molecule has 144 valence electrons. The molecule has 0 unspecified atom stereocenters. The van der Waals surface area contributed by atoms with Gasteiger partial charge in [-0.3, -0.25) is 4.98 Å². The van der Waals surface area contributed by atoms with Gasteiger partial charge in [-0.2, -0.15) is 0 Å². The minimum absolute atomic E-state index is 0.453. The van der Waals surface area contributed by atoms with Gasteiger partial charge in [0.2, 0.25) is 0 Å². The van der Waals surface area contributed by atoms with Crippen molar-refractivity contribution in [3.63, 3.8) is 0 Å². The van der Waals surface area contributed by atoms with Gasteiger partial charge in [-0.15, -0.1) is 11.3 Å². The molecule has 2 heterocycles. The van der Waals surface area contributed by atoms with Crippen LogP contribution in [0.15, 0.2) is 79.1 Å². The number of pyridine rings is 1. The highest BCUT2D eigenvalue weighted by atomic mass is 32.1. The number of rotatable bonds is 4. The molecule has 3 nitrogen and oxygen atoms in total. The zero-order valence-corrected chi connectivity index (χ0v) is 17.1. The number of nitrogens with zero attached hydrogens (tertiary/aromatic N) is 2. The van der Waals surface area contributed by atoms with E-state index >= 15 is 0 Å². The lowest BCUT2D eigenvalue weighted by atomic mass is 9.69. The number of hydrogen-bond donors (Lipinski definition) is 1. The SMILES string of the molecule is CC1(O)CC(c2ccc(-c3nc(-c4cccnc4)sc3-c3ccccc3)cc2)C1. The van der Waals surface area contributed by atoms with Crippen LogP contribution < -0.4 is 0 Å². The van der Waals surface area contributed by atoms with Crippen LogP contribution in [-0.4, -0.2) is 20.7 Å². The third-order valence-electron chi connectivity index (χ3n) is 5.60. The van der Waals surface area contributed by atoms with Crippen molar-refractivity contribution in [3.05, 3.63) is 84.7 Å². The third-order valence-corrected chi connectivity index (χ3v) is 6.75. The number of aromatic nitrogens is 2. The minimum Gasteiger partial charge on any atom is -0.390 e. The second-order valence-electron chi connectivity index (χ2n) is 8.03. The summed E-state index contributed by atoms with van der Waals surface area (Å²) in [6.45, 7) is 1.92. The van der Waals surface area contributed by atoms with Crippen molar-refractivity contribution in [1.29, 1.82) is 0 Å². The molecular weight excluding hydrogens is 376 g/mol. The Morgan fingerprint density at radius 3 is 2.28 bits per heavy atom. The van der Waals surface area contributed by atoms with Gasteiger partial charge in [0.1, 0.15) is 5.01 Å². The van der Waals surface area contributed by atoms with Gasteiger partial charge in [0.25, 0.3) is 0 Å². The van der Waals surface area contributed by atoms with Crippen LogP contribution in [0.4, 0.5) is 0 Å².